The zero-order chi connectivity index (χ0) is 56.6. The summed E-state index contributed by atoms with van der Waals surface area (Å²) in [6.07, 6.45) is 0. The van der Waals surface area contributed by atoms with Crippen molar-refractivity contribution in [1.29, 1.82) is 0 Å². The highest BCUT2D eigenvalue weighted by molar-refractivity contribution is 6.26. The standard InChI is InChI=1S/C52H32O/c1-2-14-34(15-3-1)38-25-13-27-49-52(38)47-32-35(28-31-48(47)53-49)37-29-30-46(40-20-7-6-19-39(37)40)51-44-23-10-8-21-42(44)50(43-22-9-11-24-45(43)51)41-26-12-17-33-16-4-5-18-36(33)41/h1-32H/i4D,5D,6D,7D,8D,9D,10D,11D,12D,13D,16D,17D,18D,19D,20D,21D,22D,23D,24D,25D,26D,27D,28D,31D,32D. The highest BCUT2D eigenvalue weighted by Gasteiger charge is 2.20. The Hall–Kier alpha value is -6.96. The van der Waals surface area contributed by atoms with Crippen molar-refractivity contribution in [2.75, 3.05) is 0 Å². The molecule has 0 N–H and O–H groups in total. The second kappa shape index (κ2) is 11.8. The zero-order valence-electron chi connectivity index (χ0n) is 51.9. The molecule has 0 aliphatic carbocycles. The molecule has 53 heavy (non-hydrogen) atoms. The van der Waals surface area contributed by atoms with E-state index in [1.807, 2.05) is 0 Å². The first-order valence-electron chi connectivity index (χ1n) is 28.7. The van der Waals surface area contributed by atoms with E-state index >= 15 is 0 Å². The van der Waals surface area contributed by atoms with Crippen LogP contribution in [0.25, 0.3) is 110 Å². The number of hydrogen-bond donors (Lipinski definition) is 0. The van der Waals surface area contributed by atoms with E-state index in [4.69, 9.17) is 25.0 Å². The first-order chi connectivity index (χ1) is 36.7. The topological polar surface area (TPSA) is 13.1 Å². The van der Waals surface area contributed by atoms with Gasteiger partial charge in [-0.2, -0.15) is 0 Å². The molecule has 0 fully saturated rings. The molecule has 1 aromatic heterocycles. The minimum absolute atomic E-state index is 0.0276. The molecule has 0 aliphatic rings. The van der Waals surface area contributed by atoms with Crippen LogP contribution in [0.3, 0.4) is 0 Å². The number of benzene rings is 10. The fraction of sp³-hybridized carbons (Fsp3) is 0. The van der Waals surface area contributed by atoms with E-state index in [0.717, 1.165) is 0 Å². The van der Waals surface area contributed by atoms with Crippen LogP contribution in [0.1, 0.15) is 34.3 Å². The summed E-state index contributed by atoms with van der Waals surface area (Å²) in [6.45, 7) is 0. The Kier molecular flexibility index (Phi) is 3.17. The molecule has 0 atom stereocenters. The molecule has 0 aliphatic heterocycles. The van der Waals surface area contributed by atoms with Gasteiger partial charge in [-0.05, 0) is 106 Å². The third-order valence-electron chi connectivity index (χ3n) is 9.25. The van der Waals surface area contributed by atoms with Crippen molar-refractivity contribution in [2.45, 2.75) is 0 Å². The molecule has 1 heterocycles. The summed E-state index contributed by atoms with van der Waals surface area (Å²) < 4.78 is 235. The molecule has 0 amide bonds. The van der Waals surface area contributed by atoms with Crippen molar-refractivity contribution in [3.8, 4) is 44.5 Å². The Morgan fingerprint density at radius 1 is 0.340 bits per heavy atom. The maximum Gasteiger partial charge on any atom is 0.136 e. The Morgan fingerprint density at radius 3 is 1.60 bits per heavy atom. The van der Waals surface area contributed by atoms with Gasteiger partial charge in [-0.25, -0.2) is 0 Å². The Balaban J connectivity index is 1.39. The van der Waals surface area contributed by atoms with Crippen LogP contribution in [0.4, 0.5) is 0 Å². The number of hydrogen-bond acceptors (Lipinski definition) is 1. The molecule has 0 saturated carbocycles. The van der Waals surface area contributed by atoms with E-state index in [-0.39, 0.29) is 38.6 Å². The third kappa shape index (κ3) is 4.58. The summed E-state index contributed by atoms with van der Waals surface area (Å²) in [6, 6.07) is -9.33. The first kappa shape index (κ1) is 14.2. The van der Waals surface area contributed by atoms with E-state index in [9.17, 15) is 13.7 Å². The van der Waals surface area contributed by atoms with Gasteiger partial charge in [0.05, 0.1) is 34.3 Å². The lowest BCUT2D eigenvalue weighted by atomic mass is 9.83. The van der Waals surface area contributed by atoms with Gasteiger partial charge in [0.25, 0.3) is 0 Å². The summed E-state index contributed by atoms with van der Waals surface area (Å²) in [4.78, 5) is 0. The molecular formula is C52H32O. The van der Waals surface area contributed by atoms with Gasteiger partial charge >= 0.3 is 0 Å². The van der Waals surface area contributed by atoms with Crippen LogP contribution >= 0.6 is 0 Å². The highest BCUT2D eigenvalue weighted by atomic mass is 16.3. The number of furan rings is 1. The Morgan fingerprint density at radius 2 is 0.887 bits per heavy atom. The fourth-order valence-corrected chi connectivity index (χ4v) is 7.02. The minimum atomic E-state index is -0.924. The molecule has 11 aromatic rings. The predicted octanol–water partition coefficient (Wildman–Crippen LogP) is 14.9. The van der Waals surface area contributed by atoms with E-state index in [1.165, 1.54) is 12.1 Å². The first-order valence-corrected chi connectivity index (χ1v) is 16.2. The van der Waals surface area contributed by atoms with E-state index in [2.05, 4.69) is 0 Å². The third-order valence-corrected chi connectivity index (χ3v) is 9.25. The van der Waals surface area contributed by atoms with Gasteiger partial charge in [-0.15, -0.1) is 0 Å². The van der Waals surface area contributed by atoms with Gasteiger partial charge in [0, 0.05) is 10.8 Å². The summed E-state index contributed by atoms with van der Waals surface area (Å²) in [7, 11) is 0. The average molecular weight is 698 g/mol. The molecular weight excluding hydrogens is 641 g/mol. The van der Waals surface area contributed by atoms with E-state index in [0.29, 0.717) is 5.56 Å². The highest BCUT2D eigenvalue weighted by Crippen LogP contribution is 2.48. The molecule has 0 saturated heterocycles. The predicted molar refractivity (Wildman–Crippen MR) is 225 cm³/mol. The zero-order valence-corrected chi connectivity index (χ0v) is 26.9. The lowest BCUT2D eigenvalue weighted by Crippen LogP contribution is -1.93. The van der Waals surface area contributed by atoms with Crippen LogP contribution in [0.15, 0.2) is 198 Å². The van der Waals surface area contributed by atoms with E-state index < -0.39 is 216 Å². The van der Waals surface area contributed by atoms with E-state index in [1.54, 1.807) is 30.3 Å². The lowest BCUT2D eigenvalue weighted by molar-refractivity contribution is 0.669. The maximum atomic E-state index is 9.87. The maximum absolute atomic E-state index is 9.87. The molecule has 1 heteroatoms. The largest absolute Gasteiger partial charge is 0.456 e. The minimum Gasteiger partial charge on any atom is -0.456 e. The smallest absolute Gasteiger partial charge is 0.136 e. The summed E-state index contributed by atoms with van der Waals surface area (Å²) in [5.41, 5.74) is -3.00. The summed E-state index contributed by atoms with van der Waals surface area (Å²) in [5.74, 6) is 0. The van der Waals surface area contributed by atoms with Gasteiger partial charge in [-0.3, -0.25) is 0 Å². The normalized spacial score (nSPS) is 18.4. The molecule has 0 unspecified atom stereocenters. The van der Waals surface area contributed by atoms with Crippen molar-refractivity contribution in [2.24, 2.45) is 0 Å². The average Bonchev–Trinajstić information content (AvgIpc) is 3.64. The van der Waals surface area contributed by atoms with Crippen molar-refractivity contribution in [1.82, 2.24) is 0 Å². The number of fused-ring (bicyclic) bond motifs is 7. The van der Waals surface area contributed by atoms with Crippen LogP contribution in [-0.4, -0.2) is 0 Å². The second-order valence-corrected chi connectivity index (χ2v) is 12.0. The lowest BCUT2D eigenvalue weighted by Gasteiger charge is -2.20. The summed E-state index contributed by atoms with van der Waals surface area (Å²) >= 11 is 0. The molecule has 11 rings (SSSR count). The SMILES string of the molecule is [2H]c1c(-c2ccc(-c3c4c([2H])c([2H])c([2H])c([2H])c4c(-c4c([2H])c([2H])c([2H])c5c([2H])c([2H])c([2H])c([2H])c45)c4c([2H])c([2H])c([2H])c([2H])c34)c3c([2H])c([2H])c([2H])c([2H])c23)c([2H])c2c(oc3c([2H])c([2H])c([2H])c(-c4ccccc4)c32)c1[2H]. The molecule has 246 valence electrons. The van der Waals surface area contributed by atoms with Gasteiger partial charge in [0.1, 0.15) is 11.2 Å². The molecule has 0 bridgehead atoms. The molecule has 0 spiro atoms. The quantitative estimate of drug-likeness (QED) is 0.167. The van der Waals surface area contributed by atoms with Gasteiger partial charge < -0.3 is 4.42 Å². The van der Waals surface area contributed by atoms with Crippen LogP contribution in [0.2, 0.25) is 0 Å². The molecule has 0 radical (unpaired) electrons. The van der Waals surface area contributed by atoms with Crippen molar-refractivity contribution < 1.29 is 38.7 Å². The van der Waals surface area contributed by atoms with Crippen LogP contribution in [0, 0.1) is 0 Å². The van der Waals surface area contributed by atoms with Crippen LogP contribution in [-0.2, 0) is 0 Å². The Bertz CT molecular complexity index is 4570. The van der Waals surface area contributed by atoms with Crippen molar-refractivity contribution in [3.05, 3.63) is 194 Å². The van der Waals surface area contributed by atoms with Crippen LogP contribution in [0.5, 0.6) is 0 Å². The Labute approximate surface area is 342 Å². The molecule has 10 aromatic carbocycles. The molecule has 1 nitrogen and oxygen atoms in total. The monoisotopic (exact) mass is 697 g/mol. The number of rotatable bonds is 4. The van der Waals surface area contributed by atoms with Gasteiger partial charge in [0.2, 0.25) is 0 Å². The second-order valence-electron chi connectivity index (χ2n) is 12.0. The summed E-state index contributed by atoms with van der Waals surface area (Å²) in [5, 5.41) is -4.69. The van der Waals surface area contributed by atoms with Crippen molar-refractivity contribution in [3.63, 3.8) is 0 Å². The van der Waals surface area contributed by atoms with Crippen LogP contribution < -0.4 is 0 Å². The van der Waals surface area contributed by atoms with Gasteiger partial charge in [-0.1, -0.05) is 175 Å². The van der Waals surface area contributed by atoms with Gasteiger partial charge in [0.15, 0.2) is 0 Å². The fourth-order valence-electron chi connectivity index (χ4n) is 7.02. The van der Waals surface area contributed by atoms with Crippen molar-refractivity contribution >= 4 is 65.0 Å².